The van der Waals surface area contributed by atoms with Gasteiger partial charge in [0, 0.05) is 26.1 Å². The van der Waals surface area contributed by atoms with Crippen LogP contribution in [0.3, 0.4) is 0 Å². The first-order chi connectivity index (χ1) is 9.72. The summed E-state index contributed by atoms with van der Waals surface area (Å²) in [5.41, 5.74) is 0.890. The number of carbonyl (C=O) groups is 2. The highest BCUT2D eigenvalue weighted by Gasteiger charge is 2.33. The lowest BCUT2D eigenvalue weighted by atomic mass is 10.1. The minimum absolute atomic E-state index is 0.152. The number of hydrogen-bond acceptors (Lipinski definition) is 4. The van der Waals surface area contributed by atoms with Crippen LogP contribution in [0.25, 0.3) is 0 Å². The molecule has 108 valence electrons. The smallest absolute Gasteiger partial charge is 0.410 e. The van der Waals surface area contributed by atoms with Crippen LogP contribution >= 0.6 is 0 Å². The first kappa shape index (κ1) is 14.3. The van der Waals surface area contributed by atoms with Crippen LogP contribution in [-0.4, -0.2) is 47.7 Å². The van der Waals surface area contributed by atoms with Gasteiger partial charge in [-0.1, -0.05) is 30.3 Å². The lowest BCUT2D eigenvalue weighted by Crippen LogP contribution is -2.57. The van der Waals surface area contributed by atoms with E-state index in [9.17, 15) is 9.59 Å². The second-order valence-corrected chi connectivity index (χ2v) is 4.55. The Kier molecular flexibility index (Phi) is 4.95. The molecule has 2 amide bonds. The fraction of sp³-hybridized carbons (Fsp3) is 0.429. The van der Waals surface area contributed by atoms with Gasteiger partial charge in [-0.05, 0) is 5.56 Å². The van der Waals surface area contributed by atoms with E-state index in [1.165, 1.54) is 4.90 Å². The monoisotopic (exact) mass is 278 g/mol. The lowest BCUT2D eigenvalue weighted by molar-refractivity contribution is -0.128. The molecule has 0 aliphatic carbocycles. The number of aliphatic hydroxyl groups is 1. The summed E-state index contributed by atoms with van der Waals surface area (Å²) in [5, 5.41) is 11.7. The van der Waals surface area contributed by atoms with Gasteiger partial charge in [0.2, 0.25) is 5.91 Å². The van der Waals surface area contributed by atoms with Gasteiger partial charge in [-0.2, -0.15) is 0 Å². The van der Waals surface area contributed by atoms with Gasteiger partial charge in [0.05, 0.1) is 0 Å². The summed E-state index contributed by atoms with van der Waals surface area (Å²) < 4.78 is 5.22. The molecule has 1 aromatic rings. The summed E-state index contributed by atoms with van der Waals surface area (Å²) in [4.78, 5) is 25.1. The van der Waals surface area contributed by atoms with Crippen molar-refractivity contribution >= 4 is 12.0 Å². The Labute approximate surface area is 117 Å². The Morgan fingerprint density at radius 3 is 2.85 bits per heavy atom. The maximum Gasteiger partial charge on any atom is 0.410 e. The Hall–Kier alpha value is -2.08. The first-order valence-electron chi connectivity index (χ1n) is 6.58. The van der Waals surface area contributed by atoms with Gasteiger partial charge in [0.15, 0.2) is 0 Å². The molecular weight excluding hydrogens is 260 g/mol. The van der Waals surface area contributed by atoms with E-state index in [4.69, 9.17) is 9.84 Å². The Morgan fingerprint density at radius 1 is 1.40 bits per heavy atom. The number of piperazine rings is 1. The topological polar surface area (TPSA) is 78.9 Å². The van der Waals surface area contributed by atoms with E-state index in [1.807, 2.05) is 30.3 Å². The molecule has 1 aliphatic heterocycles. The summed E-state index contributed by atoms with van der Waals surface area (Å²) in [7, 11) is 0. The van der Waals surface area contributed by atoms with Gasteiger partial charge in [0.1, 0.15) is 12.6 Å². The van der Waals surface area contributed by atoms with Crippen LogP contribution < -0.4 is 5.32 Å². The zero-order valence-electron chi connectivity index (χ0n) is 11.1. The molecule has 0 spiro atoms. The average molecular weight is 278 g/mol. The maximum absolute atomic E-state index is 12.0. The fourth-order valence-electron chi connectivity index (χ4n) is 2.14. The predicted octanol–water partition coefficient (Wildman–Crippen LogP) is 0.506. The van der Waals surface area contributed by atoms with Crippen molar-refractivity contribution in [3.63, 3.8) is 0 Å². The van der Waals surface area contributed by atoms with E-state index < -0.39 is 12.1 Å². The molecule has 1 atom stereocenters. The van der Waals surface area contributed by atoms with E-state index in [0.717, 1.165) is 5.56 Å². The molecule has 1 heterocycles. The third kappa shape index (κ3) is 3.48. The number of nitrogens with one attached hydrogen (secondary N) is 1. The van der Waals surface area contributed by atoms with Crippen LogP contribution in [0.4, 0.5) is 4.79 Å². The van der Waals surface area contributed by atoms with Crippen molar-refractivity contribution in [3.8, 4) is 0 Å². The number of amides is 2. The SMILES string of the molecule is O=C1NCCN(C(=O)OCc2ccccc2)C1CCO. The Morgan fingerprint density at radius 2 is 2.15 bits per heavy atom. The third-order valence-electron chi connectivity index (χ3n) is 3.17. The molecule has 1 unspecified atom stereocenters. The molecule has 1 aliphatic rings. The van der Waals surface area contributed by atoms with Gasteiger partial charge in [0.25, 0.3) is 0 Å². The highest BCUT2D eigenvalue weighted by molar-refractivity contribution is 5.86. The van der Waals surface area contributed by atoms with Crippen LogP contribution in [0, 0.1) is 0 Å². The third-order valence-corrected chi connectivity index (χ3v) is 3.17. The van der Waals surface area contributed by atoms with Gasteiger partial charge in [-0.15, -0.1) is 0 Å². The Bertz CT molecular complexity index is 464. The maximum atomic E-state index is 12.0. The van der Waals surface area contributed by atoms with Crippen LogP contribution in [0.15, 0.2) is 30.3 Å². The summed E-state index contributed by atoms with van der Waals surface area (Å²) in [5.74, 6) is -0.248. The zero-order valence-corrected chi connectivity index (χ0v) is 11.1. The lowest BCUT2D eigenvalue weighted by Gasteiger charge is -2.33. The standard InChI is InChI=1S/C14H18N2O4/c17-9-6-12-13(18)15-7-8-16(12)14(19)20-10-11-4-2-1-3-5-11/h1-5,12,17H,6-10H2,(H,15,18). The molecule has 2 N–H and O–H groups in total. The van der Waals surface area contributed by atoms with Crippen molar-refractivity contribution in [2.75, 3.05) is 19.7 Å². The van der Waals surface area contributed by atoms with Crippen LogP contribution in [0.1, 0.15) is 12.0 Å². The number of carbonyl (C=O) groups excluding carboxylic acids is 2. The minimum Gasteiger partial charge on any atom is -0.445 e. The molecule has 0 radical (unpaired) electrons. The van der Waals surface area contributed by atoms with Crippen molar-refractivity contribution in [2.24, 2.45) is 0 Å². The molecule has 6 nitrogen and oxygen atoms in total. The van der Waals surface area contributed by atoms with E-state index in [1.54, 1.807) is 0 Å². The summed E-state index contributed by atoms with van der Waals surface area (Å²) in [6.07, 6.45) is -0.311. The number of nitrogens with zero attached hydrogens (tertiary/aromatic N) is 1. The first-order valence-corrected chi connectivity index (χ1v) is 6.58. The number of benzene rings is 1. The predicted molar refractivity (Wildman–Crippen MR) is 71.8 cm³/mol. The largest absolute Gasteiger partial charge is 0.445 e. The molecule has 1 aromatic carbocycles. The van der Waals surface area contributed by atoms with Gasteiger partial charge < -0.3 is 15.2 Å². The van der Waals surface area contributed by atoms with E-state index in [-0.39, 0.29) is 25.5 Å². The minimum atomic E-state index is -0.656. The van der Waals surface area contributed by atoms with E-state index >= 15 is 0 Å². The highest BCUT2D eigenvalue weighted by Crippen LogP contribution is 2.11. The van der Waals surface area contributed by atoms with Crippen molar-refractivity contribution in [1.29, 1.82) is 0 Å². The van der Waals surface area contributed by atoms with Crippen molar-refractivity contribution in [3.05, 3.63) is 35.9 Å². The Balaban J connectivity index is 1.94. The molecule has 20 heavy (non-hydrogen) atoms. The summed E-state index contributed by atoms with van der Waals surface area (Å²) in [6.45, 7) is 0.815. The molecule has 0 aromatic heterocycles. The molecular formula is C14H18N2O4. The summed E-state index contributed by atoms with van der Waals surface area (Å²) in [6, 6.07) is 8.69. The summed E-state index contributed by atoms with van der Waals surface area (Å²) >= 11 is 0. The van der Waals surface area contributed by atoms with Gasteiger partial charge in [-0.25, -0.2) is 4.79 Å². The molecule has 6 heteroatoms. The van der Waals surface area contributed by atoms with Crippen LogP contribution in [0.2, 0.25) is 0 Å². The number of aliphatic hydroxyl groups excluding tert-OH is 1. The molecule has 1 saturated heterocycles. The van der Waals surface area contributed by atoms with Gasteiger partial charge in [-0.3, -0.25) is 9.69 Å². The quantitative estimate of drug-likeness (QED) is 0.841. The fourth-order valence-corrected chi connectivity index (χ4v) is 2.14. The highest BCUT2D eigenvalue weighted by atomic mass is 16.6. The normalized spacial score (nSPS) is 18.6. The average Bonchev–Trinajstić information content (AvgIpc) is 2.48. The van der Waals surface area contributed by atoms with E-state index in [0.29, 0.717) is 13.1 Å². The number of rotatable bonds is 4. The van der Waals surface area contributed by atoms with Gasteiger partial charge >= 0.3 is 6.09 Å². The number of hydrogen-bond donors (Lipinski definition) is 2. The van der Waals surface area contributed by atoms with E-state index in [2.05, 4.69) is 5.32 Å². The molecule has 0 saturated carbocycles. The second kappa shape index (κ2) is 6.91. The van der Waals surface area contributed by atoms with Crippen molar-refractivity contribution < 1.29 is 19.4 Å². The molecule has 2 rings (SSSR count). The molecule has 1 fully saturated rings. The van der Waals surface area contributed by atoms with Crippen molar-refractivity contribution in [1.82, 2.24) is 10.2 Å². The van der Waals surface area contributed by atoms with Crippen LogP contribution in [-0.2, 0) is 16.1 Å². The molecule has 0 bridgehead atoms. The second-order valence-electron chi connectivity index (χ2n) is 4.55. The zero-order chi connectivity index (χ0) is 14.4. The van der Waals surface area contributed by atoms with Crippen LogP contribution in [0.5, 0.6) is 0 Å². The van der Waals surface area contributed by atoms with Crippen molar-refractivity contribution in [2.45, 2.75) is 19.1 Å². The number of ether oxygens (including phenoxy) is 1.